The lowest BCUT2D eigenvalue weighted by molar-refractivity contribution is 0.193. The summed E-state index contributed by atoms with van der Waals surface area (Å²) in [6.45, 7) is 1.15. The lowest BCUT2D eigenvalue weighted by Crippen LogP contribution is -2.17. The summed E-state index contributed by atoms with van der Waals surface area (Å²) in [5.41, 5.74) is 0.167. The quantitative estimate of drug-likeness (QED) is 0.890. The van der Waals surface area contributed by atoms with Gasteiger partial charge in [-0.25, -0.2) is 0 Å². The fourth-order valence-corrected chi connectivity index (χ4v) is 2.56. The molecule has 6 heteroatoms. The monoisotopic (exact) mass is 292 g/mol. The van der Waals surface area contributed by atoms with E-state index in [2.05, 4.69) is 9.97 Å². The number of aromatic nitrogens is 2. The summed E-state index contributed by atoms with van der Waals surface area (Å²) >= 11 is 6.06. The largest absolute Gasteiger partial charge is 0.493 e. The Labute approximate surface area is 120 Å². The van der Waals surface area contributed by atoms with Gasteiger partial charge in [-0.15, -0.1) is 0 Å². The maximum Gasteiger partial charge on any atom is 0.262 e. The Bertz CT molecular complexity index is 693. The number of hydrogen-bond donors (Lipinski definition) is 2. The maximum absolute atomic E-state index is 12.2. The predicted octanol–water partition coefficient (Wildman–Crippen LogP) is 2.30. The van der Waals surface area contributed by atoms with Crippen LogP contribution in [0.25, 0.3) is 11.1 Å². The Morgan fingerprint density at radius 1 is 1.40 bits per heavy atom. The van der Waals surface area contributed by atoms with Gasteiger partial charge in [-0.3, -0.25) is 4.79 Å². The van der Waals surface area contributed by atoms with Gasteiger partial charge in [0, 0.05) is 23.1 Å². The molecular weight excluding hydrogens is 280 g/mol. The van der Waals surface area contributed by atoms with Crippen LogP contribution in [0.2, 0.25) is 5.02 Å². The van der Waals surface area contributed by atoms with Crippen LogP contribution in [-0.4, -0.2) is 28.3 Å². The van der Waals surface area contributed by atoms with E-state index >= 15 is 0 Å². The minimum absolute atomic E-state index is 0.0221. The van der Waals surface area contributed by atoms with Gasteiger partial charge >= 0.3 is 0 Å². The van der Waals surface area contributed by atoms with Crippen molar-refractivity contribution in [3.8, 4) is 17.0 Å². The molecule has 0 amide bonds. The van der Waals surface area contributed by atoms with Crippen molar-refractivity contribution in [1.82, 2.24) is 9.97 Å². The van der Waals surface area contributed by atoms with Crippen molar-refractivity contribution in [3.63, 3.8) is 0 Å². The molecule has 0 aliphatic carbocycles. The highest BCUT2D eigenvalue weighted by molar-refractivity contribution is 6.33. The molecule has 1 aromatic heterocycles. The third kappa shape index (κ3) is 2.30. The molecule has 1 aromatic carbocycles. The molecule has 5 nitrogen and oxygen atoms in total. The fraction of sp³-hybridized carbons (Fsp3) is 0.286. The standard InChI is InChI=1S/C14H13ClN2O3/c15-10-4-2-1-3-9(10)11-13(18)16-12(17-14(11)19)8-5-6-20-7-8/h1-4,8H,5-7H2,(H2,16,17,18,19). The number of H-pyrrole nitrogens is 1. The second kappa shape index (κ2) is 5.26. The molecule has 1 aliphatic rings. The summed E-state index contributed by atoms with van der Waals surface area (Å²) in [4.78, 5) is 19.0. The van der Waals surface area contributed by atoms with Crippen LogP contribution < -0.4 is 5.56 Å². The lowest BCUT2D eigenvalue weighted by atomic mass is 10.1. The summed E-state index contributed by atoms with van der Waals surface area (Å²) in [5.74, 6) is 0.179. The first-order valence-corrected chi connectivity index (χ1v) is 6.70. The highest BCUT2D eigenvalue weighted by atomic mass is 35.5. The number of aromatic amines is 1. The second-order valence-corrected chi connectivity index (χ2v) is 5.10. The molecule has 20 heavy (non-hydrogen) atoms. The fourth-order valence-electron chi connectivity index (χ4n) is 2.33. The van der Waals surface area contributed by atoms with E-state index in [4.69, 9.17) is 16.3 Å². The average molecular weight is 293 g/mol. The van der Waals surface area contributed by atoms with Crippen LogP contribution in [0, 0.1) is 0 Å². The van der Waals surface area contributed by atoms with Crippen LogP contribution in [0.4, 0.5) is 0 Å². The molecule has 3 rings (SSSR count). The number of benzene rings is 1. The van der Waals surface area contributed by atoms with Gasteiger partial charge in [-0.2, -0.15) is 4.98 Å². The van der Waals surface area contributed by atoms with E-state index in [9.17, 15) is 9.90 Å². The summed E-state index contributed by atoms with van der Waals surface area (Å²) in [7, 11) is 0. The number of nitrogens with one attached hydrogen (secondary N) is 1. The zero-order valence-electron chi connectivity index (χ0n) is 10.6. The SMILES string of the molecule is O=c1[nH]c(C2CCOC2)nc(O)c1-c1ccccc1Cl. The summed E-state index contributed by atoms with van der Waals surface area (Å²) in [6.07, 6.45) is 0.786. The molecule has 1 saturated heterocycles. The average Bonchev–Trinajstić information content (AvgIpc) is 2.94. The van der Waals surface area contributed by atoms with Crippen LogP contribution in [-0.2, 0) is 4.74 Å². The summed E-state index contributed by atoms with van der Waals surface area (Å²) < 4.78 is 5.26. The number of hydrogen-bond acceptors (Lipinski definition) is 4. The second-order valence-electron chi connectivity index (χ2n) is 4.69. The molecule has 104 valence electrons. The van der Waals surface area contributed by atoms with Gasteiger partial charge in [0.05, 0.1) is 6.61 Å². The third-order valence-corrected chi connectivity index (χ3v) is 3.71. The Hall–Kier alpha value is -1.85. The van der Waals surface area contributed by atoms with E-state index in [0.29, 0.717) is 29.6 Å². The molecule has 1 atom stereocenters. The van der Waals surface area contributed by atoms with Gasteiger partial charge < -0.3 is 14.8 Å². The summed E-state index contributed by atoms with van der Waals surface area (Å²) in [6, 6.07) is 6.84. The van der Waals surface area contributed by atoms with Crippen LogP contribution in [0.15, 0.2) is 29.1 Å². The number of ether oxygens (including phenoxy) is 1. The molecule has 1 unspecified atom stereocenters. The first-order chi connectivity index (χ1) is 9.66. The molecular formula is C14H13ClN2O3. The van der Waals surface area contributed by atoms with Crippen LogP contribution in [0.5, 0.6) is 5.88 Å². The van der Waals surface area contributed by atoms with Crippen molar-refractivity contribution >= 4 is 11.6 Å². The smallest absolute Gasteiger partial charge is 0.262 e. The van der Waals surface area contributed by atoms with Crippen molar-refractivity contribution in [3.05, 3.63) is 45.5 Å². The van der Waals surface area contributed by atoms with Crippen LogP contribution >= 0.6 is 11.6 Å². The lowest BCUT2D eigenvalue weighted by Gasteiger charge is -2.10. The van der Waals surface area contributed by atoms with Crippen molar-refractivity contribution in [2.24, 2.45) is 0 Å². The highest BCUT2D eigenvalue weighted by Gasteiger charge is 2.23. The van der Waals surface area contributed by atoms with Gasteiger partial charge in [-0.05, 0) is 12.5 Å². The first-order valence-electron chi connectivity index (χ1n) is 6.32. The molecule has 0 saturated carbocycles. The Morgan fingerprint density at radius 2 is 2.20 bits per heavy atom. The van der Waals surface area contributed by atoms with Crippen molar-refractivity contribution in [1.29, 1.82) is 0 Å². The van der Waals surface area contributed by atoms with E-state index < -0.39 is 5.56 Å². The maximum atomic E-state index is 12.2. The van der Waals surface area contributed by atoms with Gasteiger partial charge in [0.2, 0.25) is 5.88 Å². The minimum atomic E-state index is -0.396. The Kier molecular flexibility index (Phi) is 3.46. The molecule has 1 aliphatic heterocycles. The normalized spacial score (nSPS) is 18.4. The molecule has 2 N–H and O–H groups in total. The summed E-state index contributed by atoms with van der Waals surface area (Å²) in [5, 5.41) is 10.5. The molecule has 2 heterocycles. The van der Waals surface area contributed by atoms with E-state index in [1.165, 1.54) is 0 Å². The van der Waals surface area contributed by atoms with Crippen LogP contribution in [0.3, 0.4) is 0 Å². The van der Waals surface area contributed by atoms with Crippen molar-refractivity contribution < 1.29 is 9.84 Å². The number of rotatable bonds is 2. The van der Waals surface area contributed by atoms with Gasteiger partial charge in [0.1, 0.15) is 11.4 Å². The van der Waals surface area contributed by atoms with E-state index in [1.54, 1.807) is 24.3 Å². The van der Waals surface area contributed by atoms with Gasteiger partial charge in [0.15, 0.2) is 0 Å². The number of halogens is 1. The highest BCUT2D eigenvalue weighted by Crippen LogP contribution is 2.31. The Morgan fingerprint density at radius 3 is 2.85 bits per heavy atom. The van der Waals surface area contributed by atoms with Gasteiger partial charge in [-0.1, -0.05) is 29.8 Å². The zero-order valence-corrected chi connectivity index (χ0v) is 11.4. The molecule has 1 fully saturated rings. The molecule has 0 spiro atoms. The van der Waals surface area contributed by atoms with Gasteiger partial charge in [0.25, 0.3) is 5.56 Å². The first kappa shape index (κ1) is 13.1. The van der Waals surface area contributed by atoms with E-state index in [-0.39, 0.29) is 17.4 Å². The molecule has 0 bridgehead atoms. The third-order valence-electron chi connectivity index (χ3n) is 3.38. The van der Waals surface area contributed by atoms with E-state index in [0.717, 1.165) is 6.42 Å². The topological polar surface area (TPSA) is 75.2 Å². The zero-order chi connectivity index (χ0) is 14.1. The van der Waals surface area contributed by atoms with E-state index in [1.807, 2.05) is 0 Å². The Balaban J connectivity index is 2.10. The minimum Gasteiger partial charge on any atom is -0.493 e. The number of aromatic hydroxyl groups is 1. The molecule has 0 radical (unpaired) electrons. The van der Waals surface area contributed by atoms with Crippen LogP contribution in [0.1, 0.15) is 18.2 Å². The molecule has 2 aromatic rings. The van der Waals surface area contributed by atoms with Crippen molar-refractivity contribution in [2.75, 3.05) is 13.2 Å². The number of nitrogens with zero attached hydrogens (tertiary/aromatic N) is 1. The van der Waals surface area contributed by atoms with Crippen molar-refractivity contribution in [2.45, 2.75) is 12.3 Å². The predicted molar refractivity (Wildman–Crippen MR) is 75.1 cm³/mol.